The van der Waals surface area contributed by atoms with E-state index in [-0.39, 0.29) is 56.6 Å². The van der Waals surface area contributed by atoms with Gasteiger partial charge in [0, 0.05) is 19.5 Å². The minimum atomic E-state index is -1.47. The molecular formula is C23H44N10O7. The van der Waals surface area contributed by atoms with Crippen molar-refractivity contribution in [2.24, 2.45) is 44.6 Å². The maximum Gasteiger partial charge on any atom is 0.326 e. The van der Waals surface area contributed by atoms with Crippen LogP contribution in [0.2, 0.25) is 0 Å². The first-order valence-electron chi connectivity index (χ1n) is 12.9. The van der Waals surface area contributed by atoms with Crippen molar-refractivity contribution in [3.63, 3.8) is 0 Å². The van der Waals surface area contributed by atoms with Crippen LogP contribution in [0.3, 0.4) is 0 Å². The van der Waals surface area contributed by atoms with Crippen LogP contribution >= 0.6 is 0 Å². The van der Waals surface area contributed by atoms with Crippen LogP contribution in [-0.2, 0) is 24.0 Å². The van der Waals surface area contributed by atoms with E-state index >= 15 is 0 Å². The summed E-state index contributed by atoms with van der Waals surface area (Å²) in [6.45, 7) is 4.02. The first-order valence-corrected chi connectivity index (χ1v) is 12.9. The Morgan fingerprint density at radius 3 is 1.65 bits per heavy atom. The lowest BCUT2D eigenvalue weighted by atomic mass is 10.0. The molecule has 17 nitrogen and oxygen atoms in total. The summed E-state index contributed by atoms with van der Waals surface area (Å²) in [5.74, 6) is -5.08. The summed E-state index contributed by atoms with van der Waals surface area (Å²) >= 11 is 0. The van der Waals surface area contributed by atoms with Gasteiger partial charge < -0.3 is 54.8 Å². The van der Waals surface area contributed by atoms with Crippen LogP contribution in [0.4, 0.5) is 0 Å². The lowest BCUT2D eigenvalue weighted by Gasteiger charge is -2.26. The van der Waals surface area contributed by atoms with Gasteiger partial charge >= 0.3 is 11.9 Å². The normalized spacial score (nSPS) is 13.7. The Bertz CT molecular complexity index is 918. The third-order valence-corrected chi connectivity index (χ3v) is 5.48. The molecular weight excluding hydrogens is 528 g/mol. The van der Waals surface area contributed by atoms with Gasteiger partial charge in [0.2, 0.25) is 17.7 Å². The number of carbonyl (C=O) groups is 5. The van der Waals surface area contributed by atoms with Crippen molar-refractivity contribution < 1.29 is 34.2 Å². The number of nitrogens with two attached hydrogens (primary N) is 5. The Balaban J connectivity index is 5.60. The molecule has 0 heterocycles. The first-order chi connectivity index (χ1) is 18.6. The summed E-state index contributed by atoms with van der Waals surface area (Å²) < 4.78 is 0. The van der Waals surface area contributed by atoms with Gasteiger partial charge in [-0.15, -0.1) is 0 Å². The fraction of sp³-hybridized carbons (Fsp3) is 0.696. The Labute approximate surface area is 232 Å². The van der Waals surface area contributed by atoms with E-state index in [4.69, 9.17) is 33.8 Å². The Morgan fingerprint density at radius 2 is 1.18 bits per heavy atom. The van der Waals surface area contributed by atoms with Crippen LogP contribution in [0.15, 0.2) is 9.98 Å². The van der Waals surface area contributed by atoms with E-state index in [1.54, 1.807) is 13.8 Å². The van der Waals surface area contributed by atoms with Crippen LogP contribution in [0, 0.1) is 5.92 Å². The minimum Gasteiger partial charge on any atom is -0.481 e. The topological polar surface area (TPSA) is 317 Å². The highest BCUT2D eigenvalue weighted by Gasteiger charge is 2.30. The van der Waals surface area contributed by atoms with Gasteiger partial charge in [-0.1, -0.05) is 13.8 Å². The number of aliphatic imine (C=N–C) groups is 2. The molecule has 0 aliphatic heterocycles. The number of carbonyl (C=O) groups excluding carboxylic acids is 3. The Hall–Kier alpha value is -4.15. The third-order valence-electron chi connectivity index (χ3n) is 5.48. The van der Waals surface area contributed by atoms with Crippen molar-refractivity contribution in [3.05, 3.63) is 0 Å². The maximum atomic E-state index is 13.2. The largest absolute Gasteiger partial charge is 0.481 e. The molecule has 0 saturated carbocycles. The van der Waals surface area contributed by atoms with Crippen LogP contribution in [0.1, 0.15) is 58.8 Å². The van der Waals surface area contributed by atoms with E-state index in [0.717, 1.165) is 0 Å². The molecule has 0 bridgehead atoms. The monoisotopic (exact) mass is 572 g/mol. The molecule has 0 aliphatic carbocycles. The lowest BCUT2D eigenvalue weighted by molar-refractivity contribution is -0.143. The van der Waals surface area contributed by atoms with Crippen molar-refractivity contribution in [1.29, 1.82) is 0 Å². The Kier molecular flexibility index (Phi) is 17.0. The van der Waals surface area contributed by atoms with Crippen molar-refractivity contribution in [2.45, 2.75) is 83.0 Å². The van der Waals surface area contributed by atoms with Crippen LogP contribution in [0.25, 0.3) is 0 Å². The zero-order valence-corrected chi connectivity index (χ0v) is 23.0. The fourth-order valence-corrected chi connectivity index (χ4v) is 3.47. The summed E-state index contributed by atoms with van der Waals surface area (Å²) in [5.41, 5.74) is 27.2. The maximum absolute atomic E-state index is 13.2. The van der Waals surface area contributed by atoms with Crippen molar-refractivity contribution in [1.82, 2.24) is 16.0 Å². The molecule has 4 atom stereocenters. The van der Waals surface area contributed by atoms with Crippen molar-refractivity contribution in [3.8, 4) is 0 Å². The molecule has 0 aliphatic rings. The average molecular weight is 573 g/mol. The number of nitrogens with zero attached hydrogens (tertiary/aromatic N) is 2. The van der Waals surface area contributed by atoms with E-state index in [2.05, 4.69) is 25.9 Å². The molecule has 4 unspecified atom stereocenters. The van der Waals surface area contributed by atoms with E-state index in [9.17, 15) is 29.1 Å². The molecule has 0 rings (SSSR count). The molecule has 0 radical (unpaired) electrons. The standard InChI is InChI=1S/C23H44N10O7/c1-12(2)11-16(20(38)32-15(21(39)40)7-8-17(34)35)33-19(37)14(6-4-10-30-23(27)28)31-18(36)13(24)5-3-9-29-22(25)26/h12-16H,3-11,24H2,1-2H3,(H,31,36)(H,32,38)(H,33,37)(H,34,35)(H,39,40)(H4,25,26,29)(H4,27,28,30). The molecule has 0 aromatic carbocycles. The summed E-state index contributed by atoms with van der Waals surface area (Å²) in [4.78, 5) is 68.9. The van der Waals surface area contributed by atoms with Gasteiger partial charge in [-0.2, -0.15) is 0 Å². The van der Waals surface area contributed by atoms with Crippen molar-refractivity contribution in [2.75, 3.05) is 13.1 Å². The third kappa shape index (κ3) is 16.6. The highest BCUT2D eigenvalue weighted by Crippen LogP contribution is 2.09. The zero-order valence-electron chi connectivity index (χ0n) is 23.0. The number of carboxylic acid groups (broad SMARTS) is 2. The van der Waals surface area contributed by atoms with Gasteiger partial charge in [-0.05, 0) is 44.4 Å². The number of aliphatic carboxylic acids is 2. The van der Waals surface area contributed by atoms with Gasteiger partial charge in [0.25, 0.3) is 0 Å². The molecule has 15 N–H and O–H groups in total. The van der Waals surface area contributed by atoms with Crippen molar-refractivity contribution >= 4 is 41.6 Å². The van der Waals surface area contributed by atoms with Gasteiger partial charge in [0.1, 0.15) is 18.1 Å². The van der Waals surface area contributed by atoms with Crippen LogP contribution in [0.5, 0.6) is 0 Å². The molecule has 0 saturated heterocycles. The molecule has 0 fully saturated rings. The smallest absolute Gasteiger partial charge is 0.326 e. The lowest BCUT2D eigenvalue weighted by Crippen LogP contribution is -2.57. The molecule has 3 amide bonds. The molecule has 17 heteroatoms. The second-order valence-corrected chi connectivity index (χ2v) is 9.59. The number of hydrogen-bond acceptors (Lipinski definition) is 8. The Morgan fingerprint density at radius 1 is 0.700 bits per heavy atom. The molecule has 0 aromatic rings. The van der Waals surface area contributed by atoms with Gasteiger partial charge in [0.15, 0.2) is 11.9 Å². The van der Waals surface area contributed by atoms with Crippen LogP contribution in [-0.4, -0.2) is 89.0 Å². The highest BCUT2D eigenvalue weighted by atomic mass is 16.4. The predicted molar refractivity (Wildman–Crippen MR) is 148 cm³/mol. The number of carboxylic acids is 2. The van der Waals surface area contributed by atoms with E-state index in [1.807, 2.05) is 0 Å². The molecule has 228 valence electrons. The summed E-state index contributed by atoms with van der Waals surface area (Å²) in [5, 5.41) is 25.7. The summed E-state index contributed by atoms with van der Waals surface area (Å²) in [6.07, 6.45) is 0.363. The van der Waals surface area contributed by atoms with Crippen LogP contribution < -0.4 is 44.6 Å². The first kappa shape index (κ1) is 35.9. The number of nitrogens with one attached hydrogen (secondary N) is 3. The summed E-state index contributed by atoms with van der Waals surface area (Å²) in [7, 11) is 0. The quantitative estimate of drug-likeness (QED) is 0.0393. The van der Waals surface area contributed by atoms with E-state index in [0.29, 0.717) is 12.8 Å². The SMILES string of the molecule is CC(C)CC(NC(=O)C(CCCN=C(N)N)NC(=O)C(N)CCCN=C(N)N)C(=O)NC(CCC(=O)O)C(=O)O. The molecule has 0 spiro atoms. The van der Waals surface area contributed by atoms with Gasteiger partial charge in [-0.25, -0.2) is 4.79 Å². The van der Waals surface area contributed by atoms with Gasteiger partial charge in [0.05, 0.1) is 6.04 Å². The molecule has 40 heavy (non-hydrogen) atoms. The van der Waals surface area contributed by atoms with E-state index in [1.165, 1.54) is 0 Å². The fourth-order valence-electron chi connectivity index (χ4n) is 3.47. The summed E-state index contributed by atoms with van der Waals surface area (Å²) in [6, 6.07) is -4.72. The number of rotatable bonds is 20. The average Bonchev–Trinajstić information content (AvgIpc) is 2.84. The number of guanidine groups is 2. The highest BCUT2D eigenvalue weighted by molar-refractivity contribution is 5.94. The number of amides is 3. The minimum absolute atomic E-state index is 0.0907. The second kappa shape index (κ2) is 19.0. The second-order valence-electron chi connectivity index (χ2n) is 9.59. The molecule has 0 aromatic heterocycles. The number of hydrogen-bond donors (Lipinski definition) is 10. The van der Waals surface area contributed by atoms with Gasteiger partial charge in [-0.3, -0.25) is 29.2 Å². The van der Waals surface area contributed by atoms with E-state index < -0.39 is 60.2 Å². The predicted octanol–water partition coefficient (Wildman–Crippen LogP) is -3.13. The zero-order chi connectivity index (χ0) is 30.8.